The van der Waals surface area contributed by atoms with Crippen LogP contribution < -0.4 is 9.64 Å². The summed E-state index contributed by atoms with van der Waals surface area (Å²) in [6, 6.07) is 0. The van der Waals surface area contributed by atoms with Gasteiger partial charge in [0.1, 0.15) is 0 Å². The number of hydrogen-bond donors (Lipinski definition) is 1. The molecule has 1 amide bonds. The van der Waals surface area contributed by atoms with E-state index in [1.807, 2.05) is 0 Å². The molecule has 1 atom stereocenters. The van der Waals surface area contributed by atoms with E-state index in [9.17, 15) is 4.79 Å². The number of carbonyl (C=O) groups excluding carboxylic acids is 1. The lowest BCUT2D eigenvalue weighted by molar-refractivity contribution is -0.117. The second-order valence-corrected chi connectivity index (χ2v) is 4.02. The lowest BCUT2D eigenvalue weighted by Gasteiger charge is -2.13. The maximum Gasteiger partial charge on any atom is 0.232 e. The van der Waals surface area contributed by atoms with Crippen molar-refractivity contribution in [3.8, 4) is 5.75 Å². The quantitative estimate of drug-likeness (QED) is 0.746. The van der Waals surface area contributed by atoms with Gasteiger partial charge in [-0.2, -0.15) is 12.6 Å². The van der Waals surface area contributed by atoms with Crippen LogP contribution in [-0.4, -0.2) is 34.8 Å². The fourth-order valence-electron chi connectivity index (χ4n) is 1.44. The Bertz CT molecular complexity index is 368. The monoisotopic (exact) mass is 225 g/mol. The van der Waals surface area contributed by atoms with Gasteiger partial charge in [0.15, 0.2) is 5.75 Å². The molecule has 0 N–H and O–H groups in total. The van der Waals surface area contributed by atoms with Crippen molar-refractivity contribution in [1.29, 1.82) is 0 Å². The third-order valence-corrected chi connectivity index (χ3v) is 2.54. The van der Waals surface area contributed by atoms with Gasteiger partial charge in [-0.05, 0) is 0 Å². The number of hydrogen-bond acceptors (Lipinski definition) is 5. The first-order chi connectivity index (χ1) is 7.20. The van der Waals surface area contributed by atoms with Gasteiger partial charge >= 0.3 is 0 Å². The molecular weight excluding hydrogens is 214 g/mol. The minimum Gasteiger partial charge on any atom is -0.494 e. The van der Waals surface area contributed by atoms with Gasteiger partial charge in [0.05, 0.1) is 19.5 Å². The van der Waals surface area contributed by atoms with Gasteiger partial charge in [-0.15, -0.1) is 0 Å². The average Bonchev–Trinajstić information content (AvgIpc) is 2.58. The molecule has 2 rings (SSSR count). The summed E-state index contributed by atoms with van der Waals surface area (Å²) in [4.78, 5) is 21.1. The van der Waals surface area contributed by atoms with Crippen molar-refractivity contribution in [3.05, 3.63) is 12.4 Å². The zero-order valence-electron chi connectivity index (χ0n) is 8.25. The molecule has 5 nitrogen and oxygen atoms in total. The molecule has 0 bridgehead atoms. The van der Waals surface area contributed by atoms with E-state index in [1.165, 1.54) is 4.90 Å². The normalized spacial score (nSPS) is 20.8. The number of nitrogens with zero attached hydrogens (tertiary/aromatic N) is 3. The Morgan fingerprint density at radius 1 is 1.53 bits per heavy atom. The summed E-state index contributed by atoms with van der Waals surface area (Å²) in [5.41, 5.74) is 0. The molecular formula is C9H11N3O2S. The molecule has 6 heteroatoms. The Morgan fingerprint density at radius 3 is 2.67 bits per heavy atom. The largest absolute Gasteiger partial charge is 0.494 e. The van der Waals surface area contributed by atoms with E-state index < -0.39 is 0 Å². The number of methoxy groups -OCH3 is 1. The predicted octanol–water partition coefficient (Wildman–Crippen LogP) is 0.520. The molecule has 1 aliphatic heterocycles. The van der Waals surface area contributed by atoms with E-state index in [4.69, 9.17) is 4.74 Å². The highest BCUT2D eigenvalue weighted by Crippen LogP contribution is 2.21. The topological polar surface area (TPSA) is 55.3 Å². The van der Waals surface area contributed by atoms with Gasteiger partial charge in [-0.25, -0.2) is 9.97 Å². The molecule has 1 fully saturated rings. The van der Waals surface area contributed by atoms with Crippen LogP contribution in [0.1, 0.15) is 6.42 Å². The maximum atomic E-state index is 11.5. The first-order valence-corrected chi connectivity index (χ1v) is 5.07. The van der Waals surface area contributed by atoms with Crippen LogP contribution in [0, 0.1) is 0 Å². The van der Waals surface area contributed by atoms with E-state index in [-0.39, 0.29) is 11.2 Å². The molecule has 2 heterocycles. The van der Waals surface area contributed by atoms with Crippen molar-refractivity contribution in [1.82, 2.24) is 9.97 Å². The van der Waals surface area contributed by atoms with Crippen molar-refractivity contribution in [2.24, 2.45) is 0 Å². The number of aromatic nitrogens is 2. The summed E-state index contributed by atoms with van der Waals surface area (Å²) < 4.78 is 4.94. The molecule has 0 aliphatic carbocycles. The molecule has 0 saturated carbocycles. The minimum atomic E-state index is 0.0140. The number of carbonyl (C=O) groups is 1. The van der Waals surface area contributed by atoms with Gasteiger partial charge in [0.25, 0.3) is 0 Å². The summed E-state index contributed by atoms with van der Waals surface area (Å²) in [6.07, 6.45) is 3.53. The summed E-state index contributed by atoms with van der Waals surface area (Å²) in [6.45, 7) is 0.564. The summed E-state index contributed by atoms with van der Waals surface area (Å²) in [5, 5.41) is 0.0724. The van der Waals surface area contributed by atoms with Gasteiger partial charge < -0.3 is 4.74 Å². The smallest absolute Gasteiger partial charge is 0.232 e. The van der Waals surface area contributed by atoms with E-state index in [0.717, 1.165) is 0 Å². The molecule has 1 saturated heterocycles. The Kier molecular flexibility index (Phi) is 2.77. The lowest BCUT2D eigenvalue weighted by Crippen LogP contribution is -2.26. The van der Waals surface area contributed by atoms with E-state index in [2.05, 4.69) is 22.6 Å². The van der Waals surface area contributed by atoms with Crippen LogP contribution in [0.15, 0.2) is 12.4 Å². The maximum absolute atomic E-state index is 11.5. The van der Waals surface area contributed by atoms with Crippen LogP contribution in [0.3, 0.4) is 0 Å². The predicted molar refractivity (Wildman–Crippen MR) is 58.3 cm³/mol. The van der Waals surface area contributed by atoms with Crippen molar-refractivity contribution in [2.45, 2.75) is 11.7 Å². The molecule has 1 aromatic rings. The molecule has 1 aromatic heterocycles. The zero-order chi connectivity index (χ0) is 10.8. The van der Waals surface area contributed by atoms with Crippen LogP contribution in [0.2, 0.25) is 0 Å². The van der Waals surface area contributed by atoms with Crippen LogP contribution in [0.5, 0.6) is 5.75 Å². The highest BCUT2D eigenvalue weighted by Gasteiger charge is 2.29. The summed E-state index contributed by atoms with van der Waals surface area (Å²) >= 11 is 4.26. The van der Waals surface area contributed by atoms with E-state index in [1.54, 1.807) is 19.5 Å². The molecule has 15 heavy (non-hydrogen) atoms. The highest BCUT2D eigenvalue weighted by molar-refractivity contribution is 7.81. The van der Waals surface area contributed by atoms with Gasteiger partial charge in [0, 0.05) is 18.2 Å². The van der Waals surface area contributed by atoms with Crippen molar-refractivity contribution in [3.63, 3.8) is 0 Å². The van der Waals surface area contributed by atoms with Gasteiger partial charge in [-0.3, -0.25) is 9.69 Å². The Hall–Kier alpha value is -1.30. The van der Waals surface area contributed by atoms with Crippen molar-refractivity contribution >= 4 is 24.5 Å². The summed E-state index contributed by atoms with van der Waals surface area (Å²) in [5.74, 6) is 1.00. The zero-order valence-corrected chi connectivity index (χ0v) is 9.15. The number of ether oxygens (including phenoxy) is 1. The van der Waals surface area contributed by atoms with Crippen molar-refractivity contribution in [2.75, 3.05) is 18.6 Å². The number of rotatable bonds is 2. The van der Waals surface area contributed by atoms with E-state index >= 15 is 0 Å². The lowest BCUT2D eigenvalue weighted by atomic mass is 10.4. The number of anilines is 1. The third kappa shape index (κ3) is 2.04. The average molecular weight is 225 g/mol. The molecule has 0 spiro atoms. The number of amides is 1. The Balaban J connectivity index is 2.19. The van der Waals surface area contributed by atoms with Crippen LogP contribution >= 0.6 is 12.6 Å². The molecule has 0 radical (unpaired) electrons. The van der Waals surface area contributed by atoms with Gasteiger partial charge in [0.2, 0.25) is 11.9 Å². The second kappa shape index (κ2) is 4.06. The van der Waals surface area contributed by atoms with E-state index in [0.29, 0.717) is 24.7 Å². The molecule has 1 aliphatic rings. The van der Waals surface area contributed by atoms with Crippen LogP contribution in [-0.2, 0) is 4.79 Å². The Labute approximate surface area is 92.9 Å². The fraction of sp³-hybridized carbons (Fsp3) is 0.444. The fourth-order valence-corrected chi connectivity index (χ4v) is 1.76. The standard InChI is InChI=1S/C9H11N3O2S/c1-14-6-3-10-9(11-4-6)12-5-7(15)2-8(12)13/h3-4,7,15H,2,5H2,1H3. The van der Waals surface area contributed by atoms with Crippen molar-refractivity contribution < 1.29 is 9.53 Å². The molecule has 0 aromatic carbocycles. The van der Waals surface area contributed by atoms with Crippen LogP contribution in [0.25, 0.3) is 0 Å². The molecule has 1 unspecified atom stereocenters. The first kappa shape index (κ1) is 10.2. The number of thiol groups is 1. The summed E-state index contributed by atoms with van der Waals surface area (Å²) in [7, 11) is 1.54. The first-order valence-electron chi connectivity index (χ1n) is 4.55. The highest BCUT2D eigenvalue weighted by atomic mass is 32.1. The Morgan fingerprint density at radius 2 is 2.20 bits per heavy atom. The second-order valence-electron chi connectivity index (χ2n) is 3.29. The third-order valence-electron chi connectivity index (χ3n) is 2.20. The van der Waals surface area contributed by atoms with Gasteiger partial charge in [-0.1, -0.05) is 0 Å². The van der Waals surface area contributed by atoms with Crippen LogP contribution in [0.4, 0.5) is 5.95 Å². The SMILES string of the molecule is COc1cnc(N2CC(S)CC2=O)nc1. The minimum absolute atomic E-state index is 0.0140. The molecule has 80 valence electrons.